The number of benzene rings is 1. The third-order valence-electron chi connectivity index (χ3n) is 6.23. The number of aliphatic carboxylic acids is 1. The van der Waals surface area contributed by atoms with E-state index in [-0.39, 0.29) is 11.5 Å². The SMILES string of the molecule is CC(=O)O.COc1cccc2c1C1(CCN(C(=O)c3ccnc4c3ncn4C)CC1)OCC2. The maximum Gasteiger partial charge on any atom is 0.300 e. The smallest absolute Gasteiger partial charge is 0.300 e. The predicted molar refractivity (Wildman–Crippen MR) is 121 cm³/mol. The zero-order chi connectivity index (χ0) is 23.6. The molecule has 0 unspecified atom stereocenters. The first-order chi connectivity index (χ1) is 15.9. The molecule has 9 nitrogen and oxygen atoms in total. The first-order valence-electron chi connectivity index (χ1n) is 10.9. The summed E-state index contributed by atoms with van der Waals surface area (Å²) in [5, 5.41) is 7.42. The molecule has 1 fully saturated rings. The van der Waals surface area contributed by atoms with E-state index >= 15 is 0 Å². The minimum absolute atomic E-state index is 0.00186. The van der Waals surface area contributed by atoms with Crippen molar-refractivity contribution in [3.05, 3.63) is 53.5 Å². The minimum atomic E-state index is -0.833. The van der Waals surface area contributed by atoms with Crippen molar-refractivity contribution in [2.75, 3.05) is 26.8 Å². The van der Waals surface area contributed by atoms with Gasteiger partial charge in [0.15, 0.2) is 5.65 Å². The molecule has 4 heterocycles. The van der Waals surface area contributed by atoms with Crippen molar-refractivity contribution in [2.45, 2.75) is 31.8 Å². The molecule has 0 aliphatic carbocycles. The molecule has 5 rings (SSSR count). The Labute approximate surface area is 192 Å². The van der Waals surface area contributed by atoms with Gasteiger partial charge in [-0.3, -0.25) is 9.59 Å². The van der Waals surface area contributed by atoms with Crippen molar-refractivity contribution < 1.29 is 24.2 Å². The molecule has 2 aliphatic rings. The lowest BCUT2D eigenvalue weighted by Crippen LogP contribution is -2.48. The molecule has 1 N–H and O–H groups in total. The van der Waals surface area contributed by atoms with Crippen molar-refractivity contribution in [3.63, 3.8) is 0 Å². The summed E-state index contributed by atoms with van der Waals surface area (Å²) < 4.78 is 13.8. The summed E-state index contributed by atoms with van der Waals surface area (Å²) in [6, 6.07) is 7.96. The molecule has 0 atom stereocenters. The van der Waals surface area contributed by atoms with Gasteiger partial charge in [0.05, 0.1) is 25.6 Å². The molecule has 2 aliphatic heterocycles. The monoisotopic (exact) mass is 452 g/mol. The predicted octanol–water partition coefficient (Wildman–Crippen LogP) is 2.77. The molecule has 0 radical (unpaired) electrons. The first kappa shape index (κ1) is 22.7. The number of likely N-dealkylation sites (tertiary alicyclic amines) is 1. The van der Waals surface area contributed by atoms with E-state index in [1.54, 1.807) is 25.7 Å². The fourth-order valence-electron chi connectivity index (χ4n) is 4.74. The summed E-state index contributed by atoms with van der Waals surface area (Å²) in [6.45, 7) is 3.05. The number of imidazole rings is 1. The number of nitrogens with zero attached hydrogens (tertiary/aromatic N) is 4. The van der Waals surface area contributed by atoms with Crippen molar-refractivity contribution >= 4 is 23.0 Å². The number of ether oxygens (including phenoxy) is 2. The number of hydrogen-bond acceptors (Lipinski definition) is 6. The zero-order valence-corrected chi connectivity index (χ0v) is 19.1. The van der Waals surface area contributed by atoms with Crippen molar-refractivity contribution in [3.8, 4) is 5.75 Å². The number of carbonyl (C=O) groups excluding carboxylic acids is 1. The number of aryl methyl sites for hydroxylation is 1. The van der Waals surface area contributed by atoms with Gasteiger partial charge < -0.3 is 24.0 Å². The second-order valence-corrected chi connectivity index (χ2v) is 8.28. The summed E-state index contributed by atoms with van der Waals surface area (Å²) in [5.41, 5.74) is 4.06. The second-order valence-electron chi connectivity index (χ2n) is 8.28. The lowest BCUT2D eigenvalue weighted by molar-refractivity contribution is -0.134. The average molecular weight is 453 g/mol. The summed E-state index contributed by atoms with van der Waals surface area (Å²) in [4.78, 5) is 32.9. The van der Waals surface area contributed by atoms with Gasteiger partial charge in [-0.05, 0) is 37.0 Å². The van der Waals surface area contributed by atoms with Gasteiger partial charge in [0.25, 0.3) is 11.9 Å². The fourth-order valence-corrected chi connectivity index (χ4v) is 4.74. The van der Waals surface area contributed by atoms with Crippen LogP contribution in [-0.2, 0) is 28.6 Å². The molecule has 2 aromatic heterocycles. The fraction of sp³-hybridized carbons (Fsp3) is 0.417. The molecule has 0 saturated carbocycles. The Bertz CT molecular complexity index is 1160. The van der Waals surface area contributed by atoms with Crippen molar-refractivity contribution in [1.82, 2.24) is 19.4 Å². The Hall–Kier alpha value is -3.46. The second kappa shape index (κ2) is 9.19. The number of aromatic nitrogens is 3. The molecular formula is C24H28N4O5. The molecule has 1 spiro atoms. The van der Waals surface area contributed by atoms with Gasteiger partial charge in [-0.2, -0.15) is 0 Å². The Morgan fingerprint density at radius 2 is 1.91 bits per heavy atom. The first-order valence-corrected chi connectivity index (χ1v) is 10.9. The van der Waals surface area contributed by atoms with E-state index in [0.717, 1.165) is 43.1 Å². The van der Waals surface area contributed by atoms with E-state index in [1.807, 2.05) is 28.6 Å². The third kappa shape index (κ3) is 4.28. The van der Waals surface area contributed by atoms with Crippen LogP contribution >= 0.6 is 0 Å². The highest BCUT2D eigenvalue weighted by Gasteiger charge is 2.43. The number of carboxylic acid groups (broad SMARTS) is 1. The molecule has 1 amide bonds. The van der Waals surface area contributed by atoms with Gasteiger partial charge in [0.2, 0.25) is 0 Å². The Kier molecular flexibility index (Phi) is 6.33. The molecule has 1 aromatic carbocycles. The molecule has 0 bridgehead atoms. The quantitative estimate of drug-likeness (QED) is 0.637. The van der Waals surface area contributed by atoms with E-state index in [1.165, 1.54) is 5.56 Å². The van der Waals surface area contributed by atoms with Gasteiger partial charge in [-0.25, -0.2) is 9.97 Å². The maximum atomic E-state index is 13.2. The normalized spacial score (nSPS) is 16.6. The maximum absolute atomic E-state index is 13.2. The Balaban J connectivity index is 0.000000601. The molecule has 174 valence electrons. The highest BCUT2D eigenvalue weighted by molar-refractivity contribution is 6.04. The van der Waals surface area contributed by atoms with E-state index in [0.29, 0.717) is 30.8 Å². The number of pyridine rings is 1. The number of amides is 1. The number of carbonyl (C=O) groups is 2. The number of methoxy groups -OCH3 is 1. The summed E-state index contributed by atoms with van der Waals surface area (Å²) in [6.07, 6.45) is 5.77. The van der Waals surface area contributed by atoms with Crippen LogP contribution in [0.5, 0.6) is 5.75 Å². The van der Waals surface area contributed by atoms with Crippen LogP contribution < -0.4 is 4.74 Å². The van der Waals surface area contributed by atoms with Gasteiger partial charge >= 0.3 is 0 Å². The standard InChI is InChI=1S/C22H24N4O3.C2H4O2/c1-25-14-24-19-16(6-10-23-20(19)25)21(27)26-11-8-22(9-12-26)18-15(7-13-29-22)4-3-5-17(18)28-2;1-2(3)4/h3-6,10,14H,7-9,11-13H2,1-2H3;1H3,(H,3,4). The lowest BCUT2D eigenvalue weighted by Gasteiger charge is -2.45. The van der Waals surface area contributed by atoms with Gasteiger partial charge in [-0.1, -0.05) is 12.1 Å². The Morgan fingerprint density at radius 1 is 1.18 bits per heavy atom. The van der Waals surface area contributed by atoms with Gasteiger partial charge in [0.1, 0.15) is 16.9 Å². The van der Waals surface area contributed by atoms with E-state index < -0.39 is 5.97 Å². The summed E-state index contributed by atoms with van der Waals surface area (Å²) in [7, 11) is 3.59. The van der Waals surface area contributed by atoms with Gasteiger partial charge in [-0.15, -0.1) is 0 Å². The highest BCUT2D eigenvalue weighted by atomic mass is 16.5. The van der Waals surface area contributed by atoms with Crippen LogP contribution in [-0.4, -0.2) is 63.2 Å². The minimum Gasteiger partial charge on any atom is -0.496 e. The largest absolute Gasteiger partial charge is 0.496 e. The van der Waals surface area contributed by atoms with Crippen molar-refractivity contribution in [1.29, 1.82) is 0 Å². The number of carboxylic acids is 1. The van der Waals surface area contributed by atoms with E-state index in [9.17, 15) is 4.79 Å². The van der Waals surface area contributed by atoms with Crippen LogP contribution in [0.1, 0.15) is 41.3 Å². The van der Waals surface area contributed by atoms with Crippen molar-refractivity contribution in [2.24, 2.45) is 7.05 Å². The average Bonchev–Trinajstić information content (AvgIpc) is 3.19. The number of rotatable bonds is 2. The Morgan fingerprint density at radius 3 is 2.61 bits per heavy atom. The zero-order valence-electron chi connectivity index (χ0n) is 19.1. The number of fused-ring (bicyclic) bond motifs is 3. The third-order valence-corrected chi connectivity index (χ3v) is 6.23. The van der Waals surface area contributed by atoms with Gasteiger partial charge in [0, 0.05) is 38.8 Å². The lowest BCUT2D eigenvalue weighted by atomic mass is 9.78. The molecular weight excluding hydrogens is 424 g/mol. The molecule has 3 aromatic rings. The van der Waals surface area contributed by atoms with Crippen LogP contribution in [0.15, 0.2) is 36.8 Å². The van der Waals surface area contributed by atoms with Crippen LogP contribution in [0, 0.1) is 0 Å². The van der Waals surface area contributed by atoms with Crippen LogP contribution in [0.4, 0.5) is 0 Å². The number of piperidine rings is 1. The topological polar surface area (TPSA) is 107 Å². The summed E-state index contributed by atoms with van der Waals surface area (Å²) in [5.74, 6) is 0.0494. The van der Waals surface area contributed by atoms with Crippen LogP contribution in [0.3, 0.4) is 0 Å². The molecule has 33 heavy (non-hydrogen) atoms. The number of hydrogen-bond donors (Lipinski definition) is 1. The van der Waals surface area contributed by atoms with E-state index in [2.05, 4.69) is 16.0 Å². The highest BCUT2D eigenvalue weighted by Crippen LogP contribution is 2.46. The summed E-state index contributed by atoms with van der Waals surface area (Å²) >= 11 is 0. The van der Waals surface area contributed by atoms with Crippen LogP contribution in [0.25, 0.3) is 11.2 Å². The molecule has 1 saturated heterocycles. The molecule has 9 heteroatoms. The van der Waals surface area contributed by atoms with Crippen LogP contribution in [0.2, 0.25) is 0 Å². The van der Waals surface area contributed by atoms with E-state index in [4.69, 9.17) is 19.4 Å².